The summed E-state index contributed by atoms with van der Waals surface area (Å²) in [5, 5.41) is 2.71. The molecular weight excluding hydrogens is 386 g/mol. The molecule has 2 aromatic rings. The normalized spacial score (nSPS) is 19.8. The first-order valence-electron chi connectivity index (χ1n) is 9.62. The molecule has 8 nitrogen and oxygen atoms in total. The van der Waals surface area contributed by atoms with Crippen LogP contribution in [0.25, 0.3) is 0 Å². The highest BCUT2D eigenvalue weighted by Crippen LogP contribution is 2.37. The van der Waals surface area contributed by atoms with Gasteiger partial charge in [-0.1, -0.05) is 30.3 Å². The first kappa shape index (κ1) is 19.8. The van der Waals surface area contributed by atoms with E-state index in [9.17, 15) is 14.4 Å². The Kier molecular flexibility index (Phi) is 4.85. The van der Waals surface area contributed by atoms with Crippen molar-refractivity contribution < 1.29 is 23.9 Å². The Hall–Kier alpha value is -3.55. The van der Waals surface area contributed by atoms with Crippen molar-refractivity contribution in [1.29, 1.82) is 0 Å². The molecule has 0 unspecified atom stereocenters. The first-order valence-corrected chi connectivity index (χ1v) is 9.62. The van der Waals surface area contributed by atoms with Crippen LogP contribution in [-0.4, -0.2) is 48.0 Å². The maximum atomic E-state index is 13.1. The molecule has 1 N–H and O–H groups in total. The Morgan fingerprint density at radius 3 is 2.67 bits per heavy atom. The number of benzene rings is 2. The Morgan fingerprint density at radius 2 is 1.90 bits per heavy atom. The molecule has 0 saturated carbocycles. The summed E-state index contributed by atoms with van der Waals surface area (Å²) in [6.45, 7) is 3.78. The molecule has 1 saturated heterocycles. The van der Waals surface area contributed by atoms with E-state index in [1.54, 1.807) is 32.2 Å². The van der Waals surface area contributed by atoms with Gasteiger partial charge in [-0.15, -0.1) is 0 Å². The zero-order valence-electron chi connectivity index (χ0n) is 17.1. The highest BCUT2D eigenvalue weighted by Gasteiger charge is 2.50. The lowest BCUT2D eigenvalue weighted by Gasteiger charge is -2.23. The van der Waals surface area contributed by atoms with E-state index >= 15 is 0 Å². The number of carbonyl (C=O) groups excluding carboxylic acids is 3. The van der Waals surface area contributed by atoms with E-state index in [0.717, 1.165) is 16.0 Å². The molecule has 30 heavy (non-hydrogen) atoms. The molecule has 4 amide bonds. The minimum Gasteiger partial charge on any atom is -0.454 e. The molecular formula is C22H23N3O5. The van der Waals surface area contributed by atoms with Gasteiger partial charge in [-0.25, -0.2) is 4.79 Å². The average molecular weight is 409 g/mol. The van der Waals surface area contributed by atoms with E-state index in [-0.39, 0.29) is 19.2 Å². The van der Waals surface area contributed by atoms with Gasteiger partial charge in [-0.05, 0) is 42.7 Å². The predicted molar refractivity (Wildman–Crippen MR) is 108 cm³/mol. The monoisotopic (exact) mass is 409 g/mol. The number of aryl methyl sites for hydroxylation is 1. The van der Waals surface area contributed by atoms with Gasteiger partial charge in [0.1, 0.15) is 12.1 Å². The minimum absolute atomic E-state index is 0.115. The molecule has 0 aromatic heterocycles. The summed E-state index contributed by atoms with van der Waals surface area (Å²) in [5.41, 5.74) is 1.36. The number of rotatable bonds is 5. The zero-order valence-corrected chi connectivity index (χ0v) is 17.1. The fourth-order valence-electron chi connectivity index (χ4n) is 3.63. The topological polar surface area (TPSA) is 88.2 Å². The van der Waals surface area contributed by atoms with Gasteiger partial charge < -0.3 is 19.7 Å². The number of imide groups is 1. The van der Waals surface area contributed by atoms with Crippen molar-refractivity contribution in [2.75, 3.05) is 20.4 Å². The Morgan fingerprint density at radius 1 is 1.17 bits per heavy atom. The number of likely N-dealkylation sites (N-methyl/N-ethyl adjacent to an activating group) is 1. The van der Waals surface area contributed by atoms with Gasteiger partial charge in [0, 0.05) is 13.6 Å². The molecule has 1 fully saturated rings. The third-order valence-electron chi connectivity index (χ3n) is 5.61. The van der Waals surface area contributed by atoms with Crippen LogP contribution >= 0.6 is 0 Å². The van der Waals surface area contributed by atoms with Crippen LogP contribution in [0.1, 0.15) is 23.6 Å². The van der Waals surface area contributed by atoms with Crippen molar-refractivity contribution in [3.05, 3.63) is 59.2 Å². The third-order valence-corrected chi connectivity index (χ3v) is 5.61. The van der Waals surface area contributed by atoms with Crippen LogP contribution in [0, 0.1) is 6.92 Å². The van der Waals surface area contributed by atoms with Gasteiger partial charge in [0.15, 0.2) is 11.5 Å². The van der Waals surface area contributed by atoms with Crippen molar-refractivity contribution >= 4 is 17.8 Å². The van der Waals surface area contributed by atoms with Crippen molar-refractivity contribution in [2.24, 2.45) is 0 Å². The quantitative estimate of drug-likeness (QED) is 0.765. The Labute approximate surface area is 174 Å². The van der Waals surface area contributed by atoms with E-state index in [4.69, 9.17) is 9.47 Å². The molecule has 0 spiro atoms. The van der Waals surface area contributed by atoms with E-state index in [0.29, 0.717) is 23.6 Å². The lowest BCUT2D eigenvalue weighted by molar-refractivity contribution is -0.138. The summed E-state index contributed by atoms with van der Waals surface area (Å²) in [4.78, 5) is 40.8. The van der Waals surface area contributed by atoms with Crippen LogP contribution < -0.4 is 14.8 Å². The predicted octanol–water partition coefficient (Wildman–Crippen LogP) is 2.15. The fourth-order valence-corrected chi connectivity index (χ4v) is 3.63. The van der Waals surface area contributed by atoms with Crippen molar-refractivity contribution in [1.82, 2.24) is 15.1 Å². The summed E-state index contributed by atoms with van der Waals surface area (Å²) in [6, 6.07) is 12.3. The van der Waals surface area contributed by atoms with E-state index in [1.165, 1.54) is 4.90 Å². The van der Waals surface area contributed by atoms with Crippen molar-refractivity contribution in [3.63, 3.8) is 0 Å². The maximum absolute atomic E-state index is 13.1. The average Bonchev–Trinajstić information content (AvgIpc) is 3.28. The molecule has 156 valence electrons. The number of ether oxygens (including phenoxy) is 2. The number of hydrogen-bond donors (Lipinski definition) is 1. The Balaban J connectivity index is 1.48. The van der Waals surface area contributed by atoms with Gasteiger partial charge in [0.2, 0.25) is 12.7 Å². The lowest BCUT2D eigenvalue weighted by Crippen LogP contribution is -2.43. The molecule has 8 heteroatoms. The highest BCUT2D eigenvalue weighted by molar-refractivity contribution is 6.09. The standard InChI is InChI=1S/C22H23N3O5/c1-14-6-4-5-7-15(14)11-24(3)19(26)12-25-20(27)22(2,23-21(25)28)16-8-9-17-18(10-16)30-13-29-17/h4-10H,11-13H2,1-3H3,(H,23,28)/t22-/m0/s1. The van der Waals surface area contributed by atoms with Crippen LogP contribution in [0.4, 0.5) is 4.79 Å². The van der Waals surface area contributed by atoms with Crippen LogP contribution in [0.2, 0.25) is 0 Å². The van der Waals surface area contributed by atoms with E-state index < -0.39 is 17.5 Å². The second kappa shape index (κ2) is 7.37. The molecule has 0 radical (unpaired) electrons. The number of urea groups is 1. The fraction of sp³-hybridized carbons (Fsp3) is 0.318. The summed E-state index contributed by atoms with van der Waals surface area (Å²) < 4.78 is 10.7. The first-order chi connectivity index (χ1) is 14.3. The molecule has 0 aliphatic carbocycles. The SMILES string of the molecule is Cc1ccccc1CN(C)C(=O)CN1C(=O)N[C@@](C)(c2ccc3c(c2)OCO3)C1=O. The van der Waals surface area contributed by atoms with Crippen molar-refractivity contribution in [2.45, 2.75) is 25.9 Å². The third kappa shape index (κ3) is 3.34. The van der Waals surface area contributed by atoms with Gasteiger partial charge in [-0.3, -0.25) is 14.5 Å². The number of nitrogens with zero attached hydrogens (tertiary/aromatic N) is 2. The molecule has 2 aliphatic rings. The van der Waals surface area contributed by atoms with E-state index in [1.807, 2.05) is 31.2 Å². The van der Waals surface area contributed by atoms with Crippen molar-refractivity contribution in [3.8, 4) is 11.5 Å². The molecule has 1 atom stereocenters. The van der Waals surface area contributed by atoms with Gasteiger partial charge in [-0.2, -0.15) is 0 Å². The molecule has 0 bridgehead atoms. The highest BCUT2D eigenvalue weighted by atomic mass is 16.7. The largest absolute Gasteiger partial charge is 0.454 e. The van der Waals surface area contributed by atoms with Crippen LogP contribution in [-0.2, 0) is 21.7 Å². The number of amides is 4. The summed E-state index contributed by atoms with van der Waals surface area (Å²) in [5.74, 6) is 0.299. The zero-order chi connectivity index (χ0) is 21.5. The van der Waals surface area contributed by atoms with Crippen LogP contribution in [0.5, 0.6) is 11.5 Å². The number of fused-ring (bicyclic) bond motifs is 1. The smallest absolute Gasteiger partial charge is 0.325 e. The number of hydrogen-bond acceptors (Lipinski definition) is 5. The second-order valence-electron chi connectivity index (χ2n) is 7.69. The maximum Gasteiger partial charge on any atom is 0.325 e. The van der Waals surface area contributed by atoms with Gasteiger partial charge in [0.25, 0.3) is 5.91 Å². The minimum atomic E-state index is -1.28. The van der Waals surface area contributed by atoms with Crippen LogP contribution in [0.3, 0.4) is 0 Å². The Bertz CT molecular complexity index is 1040. The molecule has 2 heterocycles. The summed E-state index contributed by atoms with van der Waals surface area (Å²) in [7, 11) is 1.66. The van der Waals surface area contributed by atoms with Gasteiger partial charge in [0.05, 0.1) is 0 Å². The number of carbonyl (C=O) groups is 3. The summed E-state index contributed by atoms with van der Waals surface area (Å²) in [6.07, 6.45) is 0. The van der Waals surface area contributed by atoms with Crippen LogP contribution in [0.15, 0.2) is 42.5 Å². The number of nitrogens with one attached hydrogen (secondary N) is 1. The summed E-state index contributed by atoms with van der Waals surface area (Å²) >= 11 is 0. The van der Waals surface area contributed by atoms with Gasteiger partial charge >= 0.3 is 6.03 Å². The molecule has 2 aromatic carbocycles. The van der Waals surface area contributed by atoms with E-state index in [2.05, 4.69) is 5.32 Å². The second-order valence-corrected chi connectivity index (χ2v) is 7.69. The lowest BCUT2D eigenvalue weighted by atomic mass is 9.91. The molecule has 4 rings (SSSR count). The molecule has 2 aliphatic heterocycles.